The standard InChI is InChI=1S/C14H20FN3O/c1-3-16-13-11(7-10(15)8-17-13)14(19)18-12-6-4-5-9(12)2/h7-9,12H,3-6H2,1-2H3,(H,16,17)(H,18,19). The fourth-order valence-electron chi connectivity index (χ4n) is 2.53. The van der Waals surface area contributed by atoms with E-state index in [2.05, 4.69) is 22.5 Å². The number of carbonyl (C=O) groups is 1. The molecule has 1 aliphatic rings. The second kappa shape index (κ2) is 5.99. The van der Waals surface area contributed by atoms with Gasteiger partial charge in [0.1, 0.15) is 11.6 Å². The van der Waals surface area contributed by atoms with E-state index in [1.807, 2.05) is 6.92 Å². The van der Waals surface area contributed by atoms with Crippen molar-refractivity contribution in [2.75, 3.05) is 11.9 Å². The molecule has 1 aliphatic carbocycles. The lowest BCUT2D eigenvalue weighted by molar-refractivity contribution is 0.0929. The quantitative estimate of drug-likeness (QED) is 0.879. The van der Waals surface area contributed by atoms with Gasteiger partial charge in [-0.3, -0.25) is 4.79 Å². The Morgan fingerprint density at radius 1 is 1.53 bits per heavy atom. The topological polar surface area (TPSA) is 54.0 Å². The second-order valence-electron chi connectivity index (χ2n) is 5.07. The summed E-state index contributed by atoms with van der Waals surface area (Å²) in [6.07, 6.45) is 4.37. The van der Waals surface area contributed by atoms with Gasteiger partial charge in [-0.1, -0.05) is 13.3 Å². The lowest BCUT2D eigenvalue weighted by atomic mass is 10.1. The monoisotopic (exact) mass is 265 g/mol. The molecule has 2 rings (SSSR count). The summed E-state index contributed by atoms with van der Waals surface area (Å²) < 4.78 is 13.3. The van der Waals surface area contributed by atoms with Crippen LogP contribution >= 0.6 is 0 Å². The van der Waals surface area contributed by atoms with E-state index in [0.29, 0.717) is 18.3 Å². The summed E-state index contributed by atoms with van der Waals surface area (Å²) in [6, 6.07) is 1.42. The average molecular weight is 265 g/mol. The summed E-state index contributed by atoms with van der Waals surface area (Å²) in [5.41, 5.74) is 0.279. The summed E-state index contributed by atoms with van der Waals surface area (Å²) in [5, 5.41) is 5.97. The molecule has 1 amide bonds. The smallest absolute Gasteiger partial charge is 0.255 e. The maximum absolute atomic E-state index is 13.3. The van der Waals surface area contributed by atoms with E-state index in [1.54, 1.807) is 0 Å². The summed E-state index contributed by atoms with van der Waals surface area (Å²) in [7, 11) is 0. The van der Waals surface area contributed by atoms with Crippen LogP contribution in [0.3, 0.4) is 0 Å². The van der Waals surface area contributed by atoms with Gasteiger partial charge in [0, 0.05) is 12.6 Å². The normalized spacial score (nSPS) is 22.3. The summed E-state index contributed by atoms with van der Waals surface area (Å²) >= 11 is 0. The van der Waals surface area contributed by atoms with Crippen LogP contribution in [0.15, 0.2) is 12.3 Å². The Kier molecular flexibility index (Phi) is 4.35. The van der Waals surface area contributed by atoms with Gasteiger partial charge in [0.05, 0.1) is 11.8 Å². The SMILES string of the molecule is CCNc1ncc(F)cc1C(=O)NC1CCCC1C. The molecule has 0 spiro atoms. The van der Waals surface area contributed by atoms with Crippen LogP contribution < -0.4 is 10.6 Å². The third kappa shape index (κ3) is 3.22. The highest BCUT2D eigenvalue weighted by atomic mass is 19.1. The molecule has 1 aromatic rings. The van der Waals surface area contributed by atoms with Crippen LogP contribution in [0.2, 0.25) is 0 Å². The van der Waals surface area contributed by atoms with E-state index in [4.69, 9.17) is 0 Å². The molecule has 0 radical (unpaired) electrons. The van der Waals surface area contributed by atoms with E-state index >= 15 is 0 Å². The second-order valence-corrected chi connectivity index (χ2v) is 5.07. The third-order valence-corrected chi connectivity index (χ3v) is 3.62. The van der Waals surface area contributed by atoms with Gasteiger partial charge in [0.15, 0.2) is 0 Å². The molecule has 0 aromatic carbocycles. The van der Waals surface area contributed by atoms with Crippen LogP contribution in [0.4, 0.5) is 10.2 Å². The molecule has 19 heavy (non-hydrogen) atoms. The molecule has 1 aromatic heterocycles. The van der Waals surface area contributed by atoms with Crippen molar-refractivity contribution in [2.24, 2.45) is 5.92 Å². The minimum Gasteiger partial charge on any atom is -0.370 e. The molecule has 0 bridgehead atoms. The first-order valence-electron chi connectivity index (χ1n) is 6.82. The minimum atomic E-state index is -0.494. The fourth-order valence-corrected chi connectivity index (χ4v) is 2.53. The molecule has 104 valence electrons. The van der Waals surface area contributed by atoms with E-state index in [0.717, 1.165) is 25.5 Å². The summed E-state index contributed by atoms with van der Waals surface area (Å²) in [5.74, 6) is 0.174. The summed E-state index contributed by atoms with van der Waals surface area (Å²) in [4.78, 5) is 16.2. The van der Waals surface area contributed by atoms with Gasteiger partial charge < -0.3 is 10.6 Å². The Morgan fingerprint density at radius 3 is 2.95 bits per heavy atom. The van der Waals surface area contributed by atoms with Crippen LogP contribution in [0, 0.1) is 11.7 Å². The van der Waals surface area contributed by atoms with Crippen molar-refractivity contribution in [3.05, 3.63) is 23.6 Å². The molecule has 5 heteroatoms. The number of amides is 1. The molecule has 2 atom stereocenters. The Bertz CT molecular complexity index is 464. The van der Waals surface area contributed by atoms with Crippen molar-refractivity contribution in [3.63, 3.8) is 0 Å². The zero-order valence-corrected chi connectivity index (χ0v) is 11.4. The largest absolute Gasteiger partial charge is 0.370 e. The number of hydrogen-bond acceptors (Lipinski definition) is 3. The molecule has 0 saturated heterocycles. The van der Waals surface area contributed by atoms with Gasteiger partial charge in [0.25, 0.3) is 5.91 Å². The maximum atomic E-state index is 13.3. The van der Waals surface area contributed by atoms with Gasteiger partial charge in [-0.15, -0.1) is 0 Å². The highest BCUT2D eigenvalue weighted by Gasteiger charge is 2.26. The Morgan fingerprint density at radius 2 is 2.32 bits per heavy atom. The van der Waals surface area contributed by atoms with Crippen molar-refractivity contribution >= 4 is 11.7 Å². The Hall–Kier alpha value is -1.65. The molecular formula is C14H20FN3O. The lowest BCUT2D eigenvalue weighted by Crippen LogP contribution is -2.36. The van der Waals surface area contributed by atoms with E-state index in [1.165, 1.54) is 6.07 Å². The molecule has 1 saturated carbocycles. The van der Waals surface area contributed by atoms with Crippen molar-refractivity contribution in [1.82, 2.24) is 10.3 Å². The van der Waals surface area contributed by atoms with Crippen LogP contribution in [0.25, 0.3) is 0 Å². The minimum absolute atomic E-state index is 0.185. The van der Waals surface area contributed by atoms with Crippen molar-refractivity contribution in [1.29, 1.82) is 0 Å². The van der Waals surface area contributed by atoms with E-state index < -0.39 is 5.82 Å². The van der Waals surface area contributed by atoms with Crippen LogP contribution in [0.1, 0.15) is 43.5 Å². The first kappa shape index (κ1) is 13.8. The highest BCUT2D eigenvalue weighted by Crippen LogP contribution is 2.25. The molecule has 0 aliphatic heterocycles. The zero-order chi connectivity index (χ0) is 13.8. The molecule has 2 N–H and O–H groups in total. The molecule has 1 fully saturated rings. The van der Waals surface area contributed by atoms with Crippen LogP contribution in [-0.4, -0.2) is 23.5 Å². The van der Waals surface area contributed by atoms with E-state index in [9.17, 15) is 9.18 Å². The first-order chi connectivity index (χ1) is 9.11. The van der Waals surface area contributed by atoms with Crippen LogP contribution in [0.5, 0.6) is 0 Å². The third-order valence-electron chi connectivity index (χ3n) is 3.62. The highest BCUT2D eigenvalue weighted by molar-refractivity contribution is 5.98. The Balaban J connectivity index is 2.15. The number of aromatic nitrogens is 1. The van der Waals surface area contributed by atoms with Gasteiger partial charge >= 0.3 is 0 Å². The van der Waals surface area contributed by atoms with Crippen molar-refractivity contribution in [3.8, 4) is 0 Å². The van der Waals surface area contributed by atoms with E-state index in [-0.39, 0.29) is 17.5 Å². The summed E-state index contributed by atoms with van der Waals surface area (Å²) in [6.45, 7) is 4.68. The molecule has 2 unspecified atom stereocenters. The predicted molar refractivity (Wildman–Crippen MR) is 72.6 cm³/mol. The predicted octanol–water partition coefficient (Wildman–Crippen LogP) is 2.57. The van der Waals surface area contributed by atoms with Gasteiger partial charge in [-0.25, -0.2) is 9.37 Å². The zero-order valence-electron chi connectivity index (χ0n) is 11.4. The van der Waals surface area contributed by atoms with Gasteiger partial charge in [0.2, 0.25) is 0 Å². The molecular weight excluding hydrogens is 245 g/mol. The lowest BCUT2D eigenvalue weighted by Gasteiger charge is -2.18. The van der Waals surface area contributed by atoms with Crippen LogP contribution in [-0.2, 0) is 0 Å². The average Bonchev–Trinajstić information content (AvgIpc) is 2.77. The number of carbonyl (C=O) groups excluding carboxylic acids is 1. The van der Waals surface area contributed by atoms with Crippen molar-refractivity contribution in [2.45, 2.75) is 39.2 Å². The number of halogens is 1. The molecule has 1 heterocycles. The number of nitrogens with zero attached hydrogens (tertiary/aromatic N) is 1. The fraction of sp³-hybridized carbons (Fsp3) is 0.571. The van der Waals surface area contributed by atoms with Gasteiger partial charge in [-0.2, -0.15) is 0 Å². The number of rotatable bonds is 4. The maximum Gasteiger partial charge on any atom is 0.255 e. The van der Waals surface area contributed by atoms with Gasteiger partial charge in [-0.05, 0) is 31.7 Å². The number of pyridine rings is 1. The number of nitrogens with one attached hydrogen (secondary N) is 2. The molecule has 4 nitrogen and oxygen atoms in total. The number of anilines is 1. The number of hydrogen-bond donors (Lipinski definition) is 2. The van der Waals surface area contributed by atoms with Crippen molar-refractivity contribution < 1.29 is 9.18 Å². The Labute approximate surface area is 112 Å². The first-order valence-corrected chi connectivity index (χ1v) is 6.82.